The number of allylic oxidation sites excluding steroid dienone is 1. The fourth-order valence-electron chi connectivity index (χ4n) is 3.33. The summed E-state index contributed by atoms with van der Waals surface area (Å²) in [5.74, 6) is 0.912. The summed E-state index contributed by atoms with van der Waals surface area (Å²) in [4.78, 5) is 7.72. The summed E-state index contributed by atoms with van der Waals surface area (Å²) < 4.78 is 5.86. The number of H-pyrrole nitrogens is 1. The summed E-state index contributed by atoms with van der Waals surface area (Å²) in [5, 5.41) is 10.4. The highest BCUT2D eigenvalue weighted by Crippen LogP contribution is 2.36. The maximum atomic E-state index is 9.68. The summed E-state index contributed by atoms with van der Waals surface area (Å²) in [6.45, 7) is 4.40. The van der Waals surface area contributed by atoms with E-state index < -0.39 is 0 Å². The van der Waals surface area contributed by atoms with E-state index in [1.807, 2.05) is 56.3 Å². The van der Waals surface area contributed by atoms with Crippen LogP contribution in [0.25, 0.3) is 22.7 Å². The predicted molar refractivity (Wildman–Crippen MR) is 126 cm³/mol. The largest absolute Gasteiger partial charge is 0.486 e. The maximum Gasteiger partial charge on any atom is 0.157 e. The molecule has 154 valence electrons. The molecule has 0 spiro atoms. The molecule has 4 aromatic rings. The highest BCUT2D eigenvalue weighted by Gasteiger charge is 2.12. The second-order valence-electron chi connectivity index (χ2n) is 7.37. The van der Waals surface area contributed by atoms with Gasteiger partial charge in [0.05, 0.1) is 26.7 Å². The molecule has 0 radical (unpaired) electrons. The van der Waals surface area contributed by atoms with E-state index in [1.165, 1.54) is 0 Å². The molecule has 0 atom stereocenters. The Hall–Kier alpha value is -3.26. The molecule has 1 aromatic heterocycles. The van der Waals surface area contributed by atoms with E-state index in [9.17, 15) is 5.26 Å². The molecule has 3 aromatic carbocycles. The van der Waals surface area contributed by atoms with Crippen LogP contribution >= 0.6 is 23.2 Å². The highest BCUT2D eigenvalue weighted by molar-refractivity contribution is 6.37. The summed E-state index contributed by atoms with van der Waals surface area (Å²) in [6, 6.07) is 19.6. The number of ether oxygens (including phenoxy) is 1. The van der Waals surface area contributed by atoms with Crippen LogP contribution in [0.2, 0.25) is 10.0 Å². The standard InChI is InChI=1S/C25H19Cl2N3O/c1-15-4-3-5-17(8-15)14-31-24-20(26)11-18(12-21(24)27)10-19(13-28)25-29-22-7-6-16(2)9-23(22)30-25/h3-12H,14H2,1-2H3,(H,29,30)/b19-10-. The van der Waals surface area contributed by atoms with Crippen LogP contribution in [0, 0.1) is 25.2 Å². The average Bonchev–Trinajstić information content (AvgIpc) is 3.14. The molecule has 0 aliphatic rings. The lowest BCUT2D eigenvalue weighted by Crippen LogP contribution is -1.97. The molecule has 0 fully saturated rings. The Morgan fingerprint density at radius 2 is 1.81 bits per heavy atom. The lowest BCUT2D eigenvalue weighted by atomic mass is 10.1. The minimum Gasteiger partial charge on any atom is -0.486 e. The van der Waals surface area contributed by atoms with E-state index in [4.69, 9.17) is 27.9 Å². The topological polar surface area (TPSA) is 61.7 Å². The molecule has 6 heteroatoms. The number of hydrogen-bond donors (Lipinski definition) is 1. The van der Waals surface area contributed by atoms with Gasteiger partial charge in [-0.25, -0.2) is 4.98 Å². The van der Waals surface area contributed by atoms with Gasteiger partial charge >= 0.3 is 0 Å². The van der Waals surface area contributed by atoms with Gasteiger partial charge in [0, 0.05) is 0 Å². The Balaban J connectivity index is 1.61. The fourth-order valence-corrected chi connectivity index (χ4v) is 3.94. The van der Waals surface area contributed by atoms with Crippen LogP contribution in [0.1, 0.15) is 28.1 Å². The van der Waals surface area contributed by atoms with Gasteiger partial charge in [0.2, 0.25) is 0 Å². The number of rotatable bonds is 5. The van der Waals surface area contributed by atoms with E-state index >= 15 is 0 Å². The third-order valence-corrected chi connectivity index (χ3v) is 5.37. The zero-order valence-corrected chi connectivity index (χ0v) is 18.6. The van der Waals surface area contributed by atoms with Gasteiger partial charge in [-0.2, -0.15) is 5.26 Å². The smallest absolute Gasteiger partial charge is 0.157 e. The van der Waals surface area contributed by atoms with Crippen molar-refractivity contribution in [3.05, 3.63) is 92.7 Å². The summed E-state index contributed by atoms with van der Waals surface area (Å²) >= 11 is 12.9. The zero-order valence-electron chi connectivity index (χ0n) is 17.0. The van der Waals surface area contributed by atoms with Gasteiger partial charge in [0.25, 0.3) is 0 Å². The molecule has 4 rings (SSSR count). The SMILES string of the molecule is Cc1cccc(COc2c(Cl)cc(/C=C(/C#N)c3nc4ccc(C)cc4[nH]3)cc2Cl)c1. The first-order chi connectivity index (χ1) is 14.9. The molecule has 0 amide bonds. The third-order valence-electron chi connectivity index (χ3n) is 4.81. The molecule has 0 aliphatic carbocycles. The van der Waals surface area contributed by atoms with Gasteiger partial charge in [-0.3, -0.25) is 0 Å². The molecular formula is C25H19Cl2N3O. The summed E-state index contributed by atoms with van der Waals surface area (Å²) in [5.41, 5.74) is 6.06. The van der Waals surface area contributed by atoms with Crippen LogP contribution in [0.4, 0.5) is 0 Å². The number of halogens is 2. The Kier molecular flexibility index (Phi) is 5.99. The summed E-state index contributed by atoms with van der Waals surface area (Å²) in [7, 11) is 0. The van der Waals surface area contributed by atoms with E-state index in [0.29, 0.717) is 39.4 Å². The van der Waals surface area contributed by atoms with Crippen LogP contribution in [0.5, 0.6) is 5.75 Å². The second kappa shape index (κ2) is 8.85. The van der Waals surface area contributed by atoms with Crippen LogP contribution in [-0.2, 0) is 6.61 Å². The molecule has 31 heavy (non-hydrogen) atoms. The van der Waals surface area contributed by atoms with Crippen molar-refractivity contribution >= 4 is 45.9 Å². The lowest BCUT2D eigenvalue weighted by Gasteiger charge is -2.11. The van der Waals surface area contributed by atoms with E-state index in [1.54, 1.807) is 18.2 Å². The van der Waals surface area contributed by atoms with Crippen molar-refractivity contribution in [1.82, 2.24) is 9.97 Å². The van der Waals surface area contributed by atoms with Gasteiger partial charge in [-0.1, -0.05) is 59.1 Å². The van der Waals surface area contributed by atoms with Crippen LogP contribution in [0.3, 0.4) is 0 Å². The molecule has 0 saturated heterocycles. The fraction of sp³-hybridized carbons (Fsp3) is 0.120. The van der Waals surface area contributed by atoms with Crippen molar-refractivity contribution < 1.29 is 4.74 Å². The monoisotopic (exact) mass is 447 g/mol. The normalized spacial score (nSPS) is 11.5. The van der Waals surface area contributed by atoms with Gasteiger partial charge < -0.3 is 9.72 Å². The number of nitriles is 1. The van der Waals surface area contributed by atoms with Crippen molar-refractivity contribution in [1.29, 1.82) is 5.26 Å². The van der Waals surface area contributed by atoms with Crippen molar-refractivity contribution in [2.24, 2.45) is 0 Å². The van der Waals surface area contributed by atoms with Crippen molar-refractivity contribution in [3.8, 4) is 11.8 Å². The first kappa shape index (κ1) is 21.0. The molecule has 1 N–H and O–H groups in total. The Bertz CT molecular complexity index is 1330. The van der Waals surface area contributed by atoms with Crippen molar-refractivity contribution in [3.63, 3.8) is 0 Å². The number of aryl methyl sites for hydroxylation is 2. The predicted octanol–water partition coefficient (Wildman–Crippen LogP) is 7.13. The molecule has 4 nitrogen and oxygen atoms in total. The second-order valence-corrected chi connectivity index (χ2v) is 8.18. The number of aromatic nitrogens is 2. The Labute approximate surface area is 190 Å². The number of benzene rings is 3. The number of aromatic amines is 1. The lowest BCUT2D eigenvalue weighted by molar-refractivity contribution is 0.306. The number of fused-ring (bicyclic) bond motifs is 1. The number of nitrogens with zero attached hydrogens (tertiary/aromatic N) is 2. The number of nitrogens with one attached hydrogen (secondary N) is 1. The Morgan fingerprint density at radius 3 is 2.52 bits per heavy atom. The molecule has 0 aliphatic heterocycles. The zero-order chi connectivity index (χ0) is 22.0. The molecule has 0 bridgehead atoms. The highest BCUT2D eigenvalue weighted by atomic mass is 35.5. The summed E-state index contributed by atoms with van der Waals surface area (Å²) in [6.07, 6.45) is 1.70. The van der Waals surface area contributed by atoms with E-state index in [2.05, 4.69) is 16.0 Å². The molecule has 1 heterocycles. The minimum absolute atomic E-state index is 0.359. The quantitative estimate of drug-likeness (QED) is 0.331. The third kappa shape index (κ3) is 4.74. The minimum atomic E-state index is 0.359. The first-order valence-corrected chi connectivity index (χ1v) is 10.4. The number of imidazole rings is 1. The number of hydrogen-bond acceptors (Lipinski definition) is 3. The van der Waals surface area contributed by atoms with E-state index in [0.717, 1.165) is 27.7 Å². The average molecular weight is 448 g/mol. The van der Waals surface area contributed by atoms with Crippen molar-refractivity contribution in [2.45, 2.75) is 20.5 Å². The van der Waals surface area contributed by atoms with Gasteiger partial charge in [-0.15, -0.1) is 0 Å². The molecular weight excluding hydrogens is 429 g/mol. The van der Waals surface area contributed by atoms with E-state index in [-0.39, 0.29) is 0 Å². The van der Waals surface area contributed by atoms with Crippen molar-refractivity contribution in [2.75, 3.05) is 0 Å². The van der Waals surface area contributed by atoms with Crippen LogP contribution < -0.4 is 4.74 Å². The van der Waals surface area contributed by atoms with Crippen LogP contribution in [0.15, 0.2) is 54.6 Å². The molecule has 0 saturated carbocycles. The van der Waals surface area contributed by atoms with Crippen LogP contribution in [-0.4, -0.2) is 9.97 Å². The maximum absolute atomic E-state index is 9.68. The van der Waals surface area contributed by atoms with Gasteiger partial charge in [0.15, 0.2) is 5.75 Å². The Morgan fingerprint density at radius 1 is 1.06 bits per heavy atom. The molecule has 0 unspecified atom stereocenters. The van der Waals surface area contributed by atoms with Gasteiger partial charge in [-0.05, 0) is 60.9 Å². The van der Waals surface area contributed by atoms with Gasteiger partial charge in [0.1, 0.15) is 18.5 Å². The first-order valence-electron chi connectivity index (χ1n) is 9.69.